The van der Waals surface area contributed by atoms with Gasteiger partial charge < -0.3 is 20.7 Å². The summed E-state index contributed by atoms with van der Waals surface area (Å²) >= 11 is 0. The topological polar surface area (TPSA) is 84.7 Å². The number of carbonyl (C=O) groups excluding carboxylic acids is 2. The second-order valence-electron chi connectivity index (χ2n) is 5.42. The second kappa shape index (κ2) is 7.91. The molecule has 6 nitrogen and oxygen atoms in total. The number of rotatable bonds is 6. The monoisotopic (exact) mass is 305 g/mol. The average Bonchev–Trinajstić information content (AvgIpc) is 3.07. The highest BCUT2D eigenvalue weighted by Gasteiger charge is 2.19. The number of nitrogens with zero attached hydrogens (tertiary/aromatic N) is 1. The predicted octanol–water partition coefficient (Wildman–Crippen LogP) is 1.22. The van der Waals surface area contributed by atoms with Crippen LogP contribution in [-0.2, 0) is 9.53 Å². The maximum atomic E-state index is 12.2. The Balaban J connectivity index is 1.91. The molecule has 22 heavy (non-hydrogen) atoms. The van der Waals surface area contributed by atoms with Crippen LogP contribution in [0.1, 0.15) is 29.6 Å². The number of hydrogen-bond donors (Lipinski definition) is 2. The summed E-state index contributed by atoms with van der Waals surface area (Å²) < 4.78 is 5.08. The van der Waals surface area contributed by atoms with Crippen LogP contribution < -0.4 is 11.1 Å². The fraction of sp³-hybridized carbons (Fsp3) is 0.500. The number of hydrogen-bond acceptors (Lipinski definition) is 4. The summed E-state index contributed by atoms with van der Waals surface area (Å²) in [6.07, 6.45) is 2.07. The van der Waals surface area contributed by atoms with E-state index in [-0.39, 0.29) is 24.3 Å². The lowest BCUT2D eigenvalue weighted by atomic mass is 10.1. The SMILES string of the molecule is COC(CN)CC(=O)Nc1ccc(C(=O)N2CCCC2)cc1. The third-order valence-corrected chi connectivity index (χ3v) is 3.82. The number of likely N-dealkylation sites (tertiary alicyclic amines) is 1. The predicted molar refractivity (Wildman–Crippen MR) is 84.7 cm³/mol. The molecule has 1 saturated heterocycles. The molecule has 0 bridgehead atoms. The van der Waals surface area contributed by atoms with Crippen LogP contribution in [0.3, 0.4) is 0 Å². The van der Waals surface area contributed by atoms with Gasteiger partial charge in [0.15, 0.2) is 0 Å². The zero-order valence-corrected chi connectivity index (χ0v) is 12.9. The van der Waals surface area contributed by atoms with Gasteiger partial charge in [-0.25, -0.2) is 0 Å². The number of nitrogens with one attached hydrogen (secondary N) is 1. The highest BCUT2D eigenvalue weighted by Crippen LogP contribution is 2.15. The summed E-state index contributed by atoms with van der Waals surface area (Å²) in [4.78, 5) is 25.9. The molecule has 0 aliphatic carbocycles. The van der Waals surface area contributed by atoms with Crippen molar-refractivity contribution in [2.24, 2.45) is 5.73 Å². The van der Waals surface area contributed by atoms with Gasteiger partial charge in [0.25, 0.3) is 5.91 Å². The lowest BCUT2D eigenvalue weighted by Gasteiger charge is -2.15. The molecule has 1 aliphatic heterocycles. The standard InChI is InChI=1S/C16H23N3O3/c1-22-14(11-17)10-15(20)18-13-6-4-12(5-7-13)16(21)19-8-2-3-9-19/h4-7,14H,2-3,8-11,17H2,1H3,(H,18,20). The third kappa shape index (κ3) is 4.29. The summed E-state index contributed by atoms with van der Waals surface area (Å²) in [5, 5.41) is 2.78. The van der Waals surface area contributed by atoms with Crippen LogP contribution >= 0.6 is 0 Å². The van der Waals surface area contributed by atoms with Crippen molar-refractivity contribution in [1.29, 1.82) is 0 Å². The minimum atomic E-state index is -0.281. The van der Waals surface area contributed by atoms with E-state index in [1.807, 2.05) is 4.90 Å². The Hall–Kier alpha value is -1.92. The zero-order chi connectivity index (χ0) is 15.9. The highest BCUT2D eigenvalue weighted by molar-refractivity contribution is 5.96. The summed E-state index contributed by atoms with van der Waals surface area (Å²) in [6, 6.07) is 6.97. The Morgan fingerprint density at radius 1 is 1.27 bits per heavy atom. The molecular weight excluding hydrogens is 282 g/mol. The first kappa shape index (κ1) is 16.5. The van der Waals surface area contributed by atoms with Crippen molar-refractivity contribution in [3.8, 4) is 0 Å². The number of carbonyl (C=O) groups is 2. The van der Waals surface area contributed by atoms with Crippen molar-refractivity contribution in [1.82, 2.24) is 4.90 Å². The summed E-state index contributed by atoms with van der Waals surface area (Å²) in [7, 11) is 1.53. The normalized spacial score (nSPS) is 15.6. The number of amides is 2. The lowest BCUT2D eigenvalue weighted by Crippen LogP contribution is -2.28. The molecule has 0 saturated carbocycles. The van der Waals surface area contributed by atoms with Crippen molar-refractivity contribution in [2.45, 2.75) is 25.4 Å². The number of methoxy groups -OCH3 is 1. The average molecular weight is 305 g/mol. The molecule has 0 aromatic heterocycles. The quantitative estimate of drug-likeness (QED) is 0.827. The smallest absolute Gasteiger partial charge is 0.253 e. The second-order valence-corrected chi connectivity index (χ2v) is 5.42. The Morgan fingerprint density at radius 2 is 1.91 bits per heavy atom. The van der Waals surface area contributed by atoms with Crippen LogP contribution in [-0.4, -0.2) is 49.6 Å². The lowest BCUT2D eigenvalue weighted by molar-refractivity contribution is -0.118. The van der Waals surface area contributed by atoms with Crippen molar-refractivity contribution in [3.05, 3.63) is 29.8 Å². The van der Waals surface area contributed by atoms with Crippen LogP contribution in [0.25, 0.3) is 0 Å². The molecule has 2 rings (SSSR count). The van der Waals surface area contributed by atoms with E-state index in [2.05, 4.69) is 5.32 Å². The molecule has 1 fully saturated rings. The fourth-order valence-electron chi connectivity index (χ4n) is 2.48. The highest BCUT2D eigenvalue weighted by atomic mass is 16.5. The number of nitrogens with two attached hydrogens (primary N) is 1. The van der Waals surface area contributed by atoms with E-state index in [0.717, 1.165) is 25.9 Å². The molecule has 2 amide bonds. The van der Waals surface area contributed by atoms with Gasteiger partial charge in [0.05, 0.1) is 12.5 Å². The summed E-state index contributed by atoms with van der Waals surface area (Å²) in [5.74, 6) is -0.103. The first-order valence-electron chi connectivity index (χ1n) is 7.56. The van der Waals surface area contributed by atoms with Crippen molar-refractivity contribution in [3.63, 3.8) is 0 Å². The Morgan fingerprint density at radius 3 is 2.45 bits per heavy atom. The van der Waals surface area contributed by atoms with Crippen LogP contribution in [0.15, 0.2) is 24.3 Å². The van der Waals surface area contributed by atoms with Gasteiger partial charge in [-0.05, 0) is 37.1 Å². The Kier molecular flexibility index (Phi) is 5.91. The molecule has 6 heteroatoms. The van der Waals surface area contributed by atoms with Crippen molar-refractivity contribution >= 4 is 17.5 Å². The van der Waals surface area contributed by atoms with Crippen molar-refractivity contribution in [2.75, 3.05) is 32.1 Å². The molecule has 0 spiro atoms. The van der Waals surface area contributed by atoms with E-state index in [1.165, 1.54) is 7.11 Å². The molecular formula is C16H23N3O3. The van der Waals surface area contributed by atoms with E-state index < -0.39 is 0 Å². The van der Waals surface area contributed by atoms with Crippen LogP contribution in [0.2, 0.25) is 0 Å². The Labute approximate surface area is 130 Å². The largest absolute Gasteiger partial charge is 0.380 e. The third-order valence-electron chi connectivity index (χ3n) is 3.82. The molecule has 1 aromatic rings. The first-order chi connectivity index (χ1) is 10.6. The van der Waals surface area contributed by atoms with Crippen LogP contribution in [0.4, 0.5) is 5.69 Å². The van der Waals surface area contributed by atoms with E-state index in [4.69, 9.17) is 10.5 Å². The minimum absolute atomic E-state index is 0.0537. The maximum Gasteiger partial charge on any atom is 0.253 e. The van der Waals surface area contributed by atoms with Crippen LogP contribution in [0.5, 0.6) is 0 Å². The zero-order valence-electron chi connectivity index (χ0n) is 12.9. The van der Waals surface area contributed by atoms with Gasteiger partial charge in [0, 0.05) is 38.0 Å². The van der Waals surface area contributed by atoms with Gasteiger partial charge in [-0.3, -0.25) is 9.59 Å². The molecule has 1 atom stereocenters. The molecule has 1 heterocycles. The van der Waals surface area contributed by atoms with Crippen LogP contribution in [0, 0.1) is 0 Å². The van der Waals surface area contributed by atoms with Gasteiger partial charge in [-0.2, -0.15) is 0 Å². The van der Waals surface area contributed by atoms with Gasteiger partial charge in [-0.1, -0.05) is 0 Å². The van der Waals surface area contributed by atoms with E-state index >= 15 is 0 Å². The fourth-order valence-corrected chi connectivity index (χ4v) is 2.48. The van der Waals surface area contributed by atoms with Gasteiger partial charge >= 0.3 is 0 Å². The van der Waals surface area contributed by atoms with E-state index in [0.29, 0.717) is 17.8 Å². The van der Waals surface area contributed by atoms with Crippen molar-refractivity contribution < 1.29 is 14.3 Å². The molecule has 0 radical (unpaired) electrons. The van der Waals surface area contributed by atoms with E-state index in [1.54, 1.807) is 24.3 Å². The number of ether oxygens (including phenoxy) is 1. The van der Waals surface area contributed by atoms with Gasteiger partial charge in [-0.15, -0.1) is 0 Å². The summed E-state index contributed by atoms with van der Waals surface area (Å²) in [5.41, 5.74) is 6.80. The van der Waals surface area contributed by atoms with Gasteiger partial charge in [0.2, 0.25) is 5.91 Å². The molecule has 120 valence electrons. The summed E-state index contributed by atoms with van der Waals surface area (Å²) in [6.45, 7) is 1.96. The molecule has 1 unspecified atom stereocenters. The minimum Gasteiger partial charge on any atom is -0.380 e. The number of anilines is 1. The Bertz CT molecular complexity index is 506. The molecule has 3 N–H and O–H groups in total. The van der Waals surface area contributed by atoms with Gasteiger partial charge in [0.1, 0.15) is 0 Å². The number of benzene rings is 1. The first-order valence-corrected chi connectivity index (χ1v) is 7.56. The molecule has 1 aromatic carbocycles. The van der Waals surface area contributed by atoms with E-state index in [9.17, 15) is 9.59 Å². The molecule has 1 aliphatic rings. The maximum absolute atomic E-state index is 12.2.